The number of alkyl halides is 3. The Morgan fingerprint density at radius 1 is 0.892 bits per heavy atom. The van der Waals surface area contributed by atoms with Crippen molar-refractivity contribution in [2.75, 3.05) is 5.32 Å². The standard InChI is InChI=1S/C28H25F3N4O2/c1-35-17-22(14-25(35)27(37)33-16-19-8-6-18(15-32)7-9-19)34-26(36)24-5-3-2-4-23(24)20-10-12-21(13-11-20)28(29,30)31/h2-14,17H,15-16,32H2,1H3,(H,33,37)(H,34,36). The van der Waals surface area contributed by atoms with Gasteiger partial charge in [-0.05, 0) is 46.5 Å². The number of nitrogens with zero attached hydrogens (tertiary/aromatic N) is 1. The molecule has 0 aliphatic heterocycles. The maximum absolute atomic E-state index is 13.1. The molecule has 2 amide bonds. The minimum absolute atomic E-state index is 0.290. The van der Waals surface area contributed by atoms with Crippen LogP contribution in [0.2, 0.25) is 0 Å². The molecule has 0 radical (unpaired) electrons. The van der Waals surface area contributed by atoms with Crippen LogP contribution in [0, 0.1) is 0 Å². The molecule has 6 nitrogen and oxygen atoms in total. The number of halogens is 3. The SMILES string of the molecule is Cn1cc(NC(=O)c2ccccc2-c2ccc(C(F)(F)F)cc2)cc1C(=O)NCc1ccc(CN)cc1. The van der Waals surface area contributed by atoms with Gasteiger partial charge in [-0.25, -0.2) is 0 Å². The maximum atomic E-state index is 13.1. The summed E-state index contributed by atoms with van der Waals surface area (Å²) < 4.78 is 40.4. The lowest BCUT2D eigenvalue weighted by Crippen LogP contribution is -2.24. The van der Waals surface area contributed by atoms with E-state index in [0.717, 1.165) is 23.3 Å². The van der Waals surface area contributed by atoms with Crippen molar-refractivity contribution in [1.29, 1.82) is 0 Å². The van der Waals surface area contributed by atoms with E-state index in [4.69, 9.17) is 5.73 Å². The van der Waals surface area contributed by atoms with Gasteiger partial charge in [-0.2, -0.15) is 13.2 Å². The summed E-state index contributed by atoms with van der Waals surface area (Å²) in [7, 11) is 1.69. The lowest BCUT2D eigenvalue weighted by Gasteiger charge is -2.11. The van der Waals surface area contributed by atoms with E-state index in [1.54, 1.807) is 48.1 Å². The number of nitrogens with one attached hydrogen (secondary N) is 2. The first-order valence-corrected chi connectivity index (χ1v) is 11.5. The maximum Gasteiger partial charge on any atom is 0.416 e. The van der Waals surface area contributed by atoms with Crippen LogP contribution < -0.4 is 16.4 Å². The Balaban J connectivity index is 1.47. The van der Waals surface area contributed by atoms with Gasteiger partial charge in [0.1, 0.15) is 5.69 Å². The molecule has 4 rings (SSSR count). The number of nitrogens with two attached hydrogens (primary N) is 1. The topological polar surface area (TPSA) is 89.2 Å². The van der Waals surface area contributed by atoms with Gasteiger partial charge in [-0.3, -0.25) is 9.59 Å². The summed E-state index contributed by atoms with van der Waals surface area (Å²) in [5.74, 6) is -0.760. The Morgan fingerprint density at radius 3 is 2.19 bits per heavy atom. The van der Waals surface area contributed by atoms with Crippen molar-refractivity contribution >= 4 is 17.5 Å². The highest BCUT2D eigenvalue weighted by Crippen LogP contribution is 2.32. The summed E-state index contributed by atoms with van der Waals surface area (Å²) in [6.07, 6.45) is -2.83. The summed E-state index contributed by atoms with van der Waals surface area (Å²) in [5.41, 5.74) is 8.78. The third-order valence-corrected chi connectivity index (χ3v) is 5.90. The van der Waals surface area contributed by atoms with Crippen LogP contribution in [0.3, 0.4) is 0 Å². The molecular weight excluding hydrogens is 481 g/mol. The van der Waals surface area contributed by atoms with Gasteiger partial charge >= 0.3 is 6.18 Å². The van der Waals surface area contributed by atoms with Crippen molar-refractivity contribution < 1.29 is 22.8 Å². The Morgan fingerprint density at radius 2 is 1.54 bits per heavy atom. The van der Waals surface area contributed by atoms with Crippen molar-refractivity contribution in [3.8, 4) is 11.1 Å². The fourth-order valence-corrected chi connectivity index (χ4v) is 3.89. The first-order chi connectivity index (χ1) is 17.7. The van der Waals surface area contributed by atoms with Gasteiger partial charge in [0.2, 0.25) is 0 Å². The summed E-state index contributed by atoms with van der Waals surface area (Å²) in [6.45, 7) is 0.774. The number of aryl methyl sites for hydroxylation is 1. The highest BCUT2D eigenvalue weighted by atomic mass is 19.4. The summed E-state index contributed by atoms with van der Waals surface area (Å²) >= 11 is 0. The van der Waals surface area contributed by atoms with Crippen LogP contribution in [0.5, 0.6) is 0 Å². The monoisotopic (exact) mass is 506 g/mol. The number of rotatable bonds is 7. The van der Waals surface area contributed by atoms with Gasteiger partial charge in [0, 0.05) is 31.9 Å². The number of aromatic nitrogens is 1. The lowest BCUT2D eigenvalue weighted by molar-refractivity contribution is -0.137. The number of hydrogen-bond donors (Lipinski definition) is 3. The second-order valence-electron chi connectivity index (χ2n) is 8.50. The van der Waals surface area contributed by atoms with Crippen molar-refractivity contribution in [3.63, 3.8) is 0 Å². The molecule has 190 valence electrons. The number of anilines is 1. The molecule has 37 heavy (non-hydrogen) atoms. The van der Waals surface area contributed by atoms with E-state index >= 15 is 0 Å². The number of carbonyl (C=O) groups excluding carboxylic acids is 2. The first kappa shape index (κ1) is 25.7. The van der Waals surface area contributed by atoms with Crippen LogP contribution in [0.4, 0.5) is 18.9 Å². The molecule has 0 saturated carbocycles. The molecule has 1 heterocycles. The molecule has 0 saturated heterocycles. The number of hydrogen-bond acceptors (Lipinski definition) is 3. The van der Waals surface area contributed by atoms with Crippen LogP contribution in [-0.4, -0.2) is 16.4 Å². The minimum atomic E-state index is -4.44. The van der Waals surface area contributed by atoms with Crippen LogP contribution in [0.15, 0.2) is 85.1 Å². The molecule has 4 aromatic rings. The molecule has 0 aliphatic rings. The third kappa shape index (κ3) is 6.07. The molecule has 0 atom stereocenters. The molecule has 4 N–H and O–H groups in total. The van der Waals surface area contributed by atoms with Crippen LogP contribution in [0.1, 0.15) is 37.5 Å². The Bertz CT molecular complexity index is 1410. The zero-order valence-corrected chi connectivity index (χ0v) is 20.0. The second-order valence-corrected chi connectivity index (χ2v) is 8.50. The van der Waals surface area contributed by atoms with E-state index in [1.165, 1.54) is 12.1 Å². The molecular formula is C28H25F3N4O2. The largest absolute Gasteiger partial charge is 0.416 e. The highest BCUT2D eigenvalue weighted by Gasteiger charge is 2.30. The van der Waals surface area contributed by atoms with E-state index in [0.29, 0.717) is 35.6 Å². The lowest BCUT2D eigenvalue weighted by atomic mass is 9.98. The third-order valence-electron chi connectivity index (χ3n) is 5.90. The molecule has 9 heteroatoms. The zero-order chi connectivity index (χ0) is 26.6. The van der Waals surface area contributed by atoms with E-state index < -0.39 is 17.6 Å². The number of amides is 2. The van der Waals surface area contributed by atoms with Gasteiger partial charge < -0.3 is 20.9 Å². The van der Waals surface area contributed by atoms with E-state index in [-0.39, 0.29) is 11.5 Å². The van der Waals surface area contributed by atoms with E-state index in [9.17, 15) is 22.8 Å². The molecule has 0 aliphatic carbocycles. The van der Waals surface area contributed by atoms with Gasteiger partial charge in [-0.15, -0.1) is 0 Å². The number of benzene rings is 3. The van der Waals surface area contributed by atoms with Crippen LogP contribution in [-0.2, 0) is 26.3 Å². The zero-order valence-electron chi connectivity index (χ0n) is 20.0. The predicted octanol–water partition coefficient (Wildman–Crippen LogP) is 5.35. The first-order valence-electron chi connectivity index (χ1n) is 11.5. The van der Waals surface area contributed by atoms with Crippen molar-refractivity contribution in [2.45, 2.75) is 19.3 Å². The van der Waals surface area contributed by atoms with Gasteiger partial charge in [0.05, 0.1) is 11.3 Å². The van der Waals surface area contributed by atoms with Gasteiger partial charge in [-0.1, -0.05) is 54.6 Å². The average molecular weight is 507 g/mol. The highest BCUT2D eigenvalue weighted by molar-refractivity contribution is 6.09. The Hall–Kier alpha value is -4.37. The van der Waals surface area contributed by atoms with Crippen LogP contribution >= 0.6 is 0 Å². The molecule has 1 aromatic heterocycles. The smallest absolute Gasteiger partial charge is 0.347 e. The summed E-state index contributed by atoms with van der Waals surface area (Å²) in [6, 6.07) is 20.4. The van der Waals surface area contributed by atoms with Gasteiger partial charge in [0.25, 0.3) is 11.8 Å². The molecule has 0 spiro atoms. The average Bonchev–Trinajstić information content (AvgIpc) is 3.26. The molecule has 3 aromatic carbocycles. The van der Waals surface area contributed by atoms with Crippen molar-refractivity contribution in [2.24, 2.45) is 12.8 Å². The van der Waals surface area contributed by atoms with Crippen molar-refractivity contribution in [1.82, 2.24) is 9.88 Å². The predicted molar refractivity (Wildman–Crippen MR) is 136 cm³/mol. The summed E-state index contributed by atoms with van der Waals surface area (Å²) in [5, 5.41) is 5.63. The van der Waals surface area contributed by atoms with E-state index in [1.807, 2.05) is 24.3 Å². The molecule has 0 bridgehead atoms. The van der Waals surface area contributed by atoms with Crippen molar-refractivity contribution in [3.05, 3.63) is 113 Å². The second kappa shape index (κ2) is 10.7. The number of carbonyl (C=O) groups is 2. The van der Waals surface area contributed by atoms with E-state index in [2.05, 4.69) is 10.6 Å². The normalized spacial score (nSPS) is 11.3. The van der Waals surface area contributed by atoms with Crippen LogP contribution in [0.25, 0.3) is 11.1 Å². The molecule has 0 unspecified atom stereocenters. The Kier molecular flexibility index (Phi) is 7.45. The van der Waals surface area contributed by atoms with Gasteiger partial charge in [0.15, 0.2) is 0 Å². The summed E-state index contributed by atoms with van der Waals surface area (Å²) in [4.78, 5) is 25.8. The quantitative estimate of drug-likeness (QED) is 0.316. The fourth-order valence-electron chi connectivity index (χ4n) is 3.89. The Labute approximate surface area is 211 Å². The fraction of sp³-hybridized carbons (Fsp3) is 0.143. The minimum Gasteiger partial charge on any atom is -0.347 e. The molecule has 0 fully saturated rings.